The van der Waals surface area contributed by atoms with Crippen LogP contribution in [0.5, 0.6) is 5.75 Å². The van der Waals surface area contributed by atoms with Crippen molar-refractivity contribution in [1.82, 2.24) is 0 Å². The van der Waals surface area contributed by atoms with Gasteiger partial charge in [-0.25, -0.2) is 0 Å². The molecule has 0 aliphatic rings. The molecule has 1 unspecified atom stereocenters. The number of halogens is 2. The summed E-state index contributed by atoms with van der Waals surface area (Å²) in [6, 6.07) is 4.50. The van der Waals surface area contributed by atoms with Crippen molar-refractivity contribution >= 4 is 36.8 Å². The lowest BCUT2D eigenvalue weighted by Crippen LogP contribution is -2.17. The number of hydrogen-bond donors (Lipinski definition) is 0. The Labute approximate surface area is 127 Å². The second-order valence-corrected chi connectivity index (χ2v) is 7.54. The Hall–Kier alpha value is -0.580. The van der Waals surface area contributed by atoms with Crippen molar-refractivity contribution in [3.63, 3.8) is 0 Å². The molecule has 0 aromatic heterocycles. The Bertz CT molecular complexity index is 527. The van der Waals surface area contributed by atoms with E-state index in [4.69, 9.17) is 37.0 Å². The summed E-state index contributed by atoms with van der Waals surface area (Å²) in [6.07, 6.45) is -0.127. The van der Waals surface area contributed by atoms with Gasteiger partial charge in [-0.1, -0.05) is 30.1 Å². The molecule has 0 fully saturated rings. The summed E-state index contributed by atoms with van der Waals surface area (Å²) in [5, 5.41) is 0.659. The van der Waals surface area contributed by atoms with Crippen LogP contribution in [-0.2, 0) is 18.4 Å². The van der Waals surface area contributed by atoms with E-state index in [1.54, 1.807) is 13.0 Å². The molecular formula is C12H15Cl2O5P. The van der Waals surface area contributed by atoms with E-state index < -0.39 is 19.2 Å². The van der Waals surface area contributed by atoms with Crippen LogP contribution in [0.3, 0.4) is 0 Å². The van der Waals surface area contributed by atoms with Crippen LogP contribution in [-0.4, -0.2) is 25.8 Å². The van der Waals surface area contributed by atoms with Crippen LogP contribution < -0.4 is 4.74 Å². The third-order valence-corrected chi connectivity index (χ3v) is 5.44. The molecule has 1 rings (SSSR count). The fraction of sp³-hybridized carbons (Fsp3) is 0.417. The minimum Gasteiger partial charge on any atom is -0.425 e. The fourth-order valence-corrected chi connectivity index (χ4v) is 3.20. The first-order valence-electron chi connectivity index (χ1n) is 5.69. The molecule has 0 aliphatic heterocycles. The van der Waals surface area contributed by atoms with Crippen LogP contribution in [0, 0.1) is 0 Å². The maximum atomic E-state index is 12.1. The smallest absolute Gasteiger partial charge is 0.333 e. The first-order chi connectivity index (χ1) is 9.32. The van der Waals surface area contributed by atoms with E-state index in [-0.39, 0.29) is 17.2 Å². The van der Waals surface area contributed by atoms with Crippen molar-refractivity contribution in [3.8, 4) is 5.75 Å². The van der Waals surface area contributed by atoms with Crippen LogP contribution in [0.4, 0.5) is 0 Å². The van der Waals surface area contributed by atoms with Crippen LogP contribution in [0.1, 0.15) is 13.3 Å². The lowest BCUT2D eigenvalue weighted by Gasteiger charge is -2.20. The Morgan fingerprint density at radius 2 is 1.90 bits per heavy atom. The average Bonchev–Trinajstić information content (AvgIpc) is 2.40. The van der Waals surface area contributed by atoms with Gasteiger partial charge in [0.1, 0.15) is 5.75 Å². The van der Waals surface area contributed by atoms with Gasteiger partial charge in [-0.2, -0.15) is 0 Å². The molecule has 1 atom stereocenters. The predicted molar refractivity (Wildman–Crippen MR) is 77.8 cm³/mol. The highest BCUT2D eigenvalue weighted by molar-refractivity contribution is 7.54. The summed E-state index contributed by atoms with van der Waals surface area (Å²) in [5.41, 5.74) is -0.629. The molecule has 0 saturated heterocycles. The maximum absolute atomic E-state index is 12.1. The van der Waals surface area contributed by atoms with Crippen LogP contribution >= 0.6 is 30.8 Å². The van der Waals surface area contributed by atoms with E-state index in [1.165, 1.54) is 26.4 Å². The third kappa shape index (κ3) is 4.47. The van der Waals surface area contributed by atoms with E-state index in [0.717, 1.165) is 0 Å². The zero-order valence-corrected chi connectivity index (χ0v) is 13.7. The quantitative estimate of drug-likeness (QED) is 0.442. The van der Waals surface area contributed by atoms with Gasteiger partial charge in [-0.3, -0.25) is 9.36 Å². The number of benzene rings is 1. The molecule has 0 saturated carbocycles. The van der Waals surface area contributed by atoms with Gasteiger partial charge in [-0.15, -0.1) is 0 Å². The van der Waals surface area contributed by atoms with Gasteiger partial charge < -0.3 is 13.8 Å². The van der Waals surface area contributed by atoms with Crippen LogP contribution in [0.25, 0.3) is 0 Å². The molecule has 5 nitrogen and oxygen atoms in total. The first kappa shape index (κ1) is 17.5. The Morgan fingerprint density at radius 1 is 1.30 bits per heavy atom. The van der Waals surface area contributed by atoms with Crippen molar-refractivity contribution in [1.29, 1.82) is 0 Å². The summed E-state index contributed by atoms with van der Waals surface area (Å²) in [4.78, 5) is 11.8. The van der Waals surface area contributed by atoms with Gasteiger partial charge in [-0.05, 0) is 18.2 Å². The number of hydrogen-bond acceptors (Lipinski definition) is 5. The summed E-state index contributed by atoms with van der Waals surface area (Å²) < 4.78 is 26.8. The number of ether oxygens (including phenoxy) is 1. The largest absolute Gasteiger partial charge is 0.425 e. The van der Waals surface area contributed by atoms with Crippen LogP contribution in [0.2, 0.25) is 10.0 Å². The first-order valence-corrected chi connectivity index (χ1v) is 8.06. The summed E-state index contributed by atoms with van der Waals surface area (Å²) in [7, 11) is -0.773. The second kappa shape index (κ2) is 7.43. The molecule has 0 bridgehead atoms. The zero-order chi connectivity index (χ0) is 15.3. The maximum Gasteiger partial charge on any atom is 0.333 e. The molecule has 0 aliphatic carbocycles. The fourth-order valence-electron chi connectivity index (χ4n) is 1.51. The number of rotatable bonds is 6. The van der Waals surface area contributed by atoms with E-state index >= 15 is 0 Å². The molecule has 20 heavy (non-hydrogen) atoms. The summed E-state index contributed by atoms with van der Waals surface area (Å²) >= 11 is 11.6. The monoisotopic (exact) mass is 340 g/mol. The Balaban J connectivity index is 2.71. The number of carbonyl (C=O) groups is 1. The molecule has 0 N–H and O–H groups in total. The van der Waals surface area contributed by atoms with Crippen LogP contribution in [0.15, 0.2) is 18.2 Å². The standard InChI is InChI=1S/C12H15Cl2O5P/c1-8(20(16,17-2)18-3)6-12(15)19-11-5-4-9(13)7-10(11)14/h4-5,7-8H,6H2,1-3H3. The molecule has 0 amide bonds. The van der Waals surface area contributed by atoms with Crippen molar-refractivity contribution in [3.05, 3.63) is 28.2 Å². The minimum absolute atomic E-state index is 0.127. The molecule has 0 heterocycles. The third-order valence-electron chi connectivity index (χ3n) is 2.63. The molecule has 1 aromatic carbocycles. The van der Waals surface area contributed by atoms with Gasteiger partial charge in [0.25, 0.3) is 0 Å². The molecule has 1 aromatic rings. The van der Waals surface area contributed by atoms with Gasteiger partial charge in [0.05, 0.1) is 17.1 Å². The Morgan fingerprint density at radius 3 is 2.40 bits per heavy atom. The van der Waals surface area contributed by atoms with E-state index in [1.807, 2.05) is 0 Å². The molecule has 8 heteroatoms. The van der Waals surface area contributed by atoms with Crippen molar-refractivity contribution < 1.29 is 23.1 Å². The highest BCUT2D eigenvalue weighted by Gasteiger charge is 2.32. The van der Waals surface area contributed by atoms with Gasteiger partial charge >= 0.3 is 13.6 Å². The van der Waals surface area contributed by atoms with E-state index in [9.17, 15) is 9.36 Å². The molecule has 0 radical (unpaired) electrons. The summed E-state index contributed by atoms with van der Waals surface area (Å²) in [6.45, 7) is 1.58. The molecular weight excluding hydrogens is 326 g/mol. The van der Waals surface area contributed by atoms with Crippen molar-refractivity contribution in [2.75, 3.05) is 14.2 Å². The number of esters is 1. The highest BCUT2D eigenvalue weighted by atomic mass is 35.5. The van der Waals surface area contributed by atoms with Crippen molar-refractivity contribution in [2.45, 2.75) is 19.0 Å². The molecule has 0 spiro atoms. The normalized spacial score (nSPS) is 13.1. The summed E-state index contributed by atoms with van der Waals surface area (Å²) in [5.74, 6) is -0.394. The average molecular weight is 341 g/mol. The number of carbonyl (C=O) groups excluding carboxylic acids is 1. The molecule has 112 valence electrons. The van der Waals surface area contributed by atoms with Gasteiger partial charge in [0, 0.05) is 19.2 Å². The Kier molecular flexibility index (Phi) is 6.49. The van der Waals surface area contributed by atoms with E-state index in [0.29, 0.717) is 5.02 Å². The lowest BCUT2D eigenvalue weighted by molar-refractivity contribution is -0.134. The lowest BCUT2D eigenvalue weighted by atomic mass is 10.3. The van der Waals surface area contributed by atoms with Gasteiger partial charge in [0.15, 0.2) is 0 Å². The van der Waals surface area contributed by atoms with Gasteiger partial charge in [0.2, 0.25) is 0 Å². The highest BCUT2D eigenvalue weighted by Crippen LogP contribution is 2.52. The SMILES string of the molecule is COP(=O)(OC)C(C)CC(=O)Oc1ccc(Cl)cc1Cl. The predicted octanol–water partition coefficient (Wildman–Crippen LogP) is 4.16. The topological polar surface area (TPSA) is 61.8 Å². The van der Waals surface area contributed by atoms with Crippen molar-refractivity contribution in [2.24, 2.45) is 0 Å². The second-order valence-electron chi connectivity index (χ2n) is 4.01. The van der Waals surface area contributed by atoms with E-state index in [2.05, 4.69) is 0 Å². The minimum atomic E-state index is -3.31. The zero-order valence-electron chi connectivity index (χ0n) is 11.3.